The predicted octanol–water partition coefficient (Wildman–Crippen LogP) is 2.35. The van der Waals surface area contributed by atoms with Gasteiger partial charge in [0.05, 0.1) is 0 Å². The molecule has 0 rings (SSSR count). The minimum atomic E-state index is -0.0000926. The summed E-state index contributed by atoms with van der Waals surface area (Å²) >= 11 is 0. The largest absolute Gasteiger partial charge is 0.402 e. The first-order valence-electron chi connectivity index (χ1n) is 4.81. The molecule has 2 nitrogen and oxygen atoms in total. The summed E-state index contributed by atoms with van der Waals surface area (Å²) in [7, 11) is 0. The molecule has 0 aliphatic carbocycles. The molecule has 13 heavy (non-hydrogen) atoms. The molecule has 0 aromatic carbocycles. The predicted molar refractivity (Wildman–Crippen MR) is 56.1 cm³/mol. The van der Waals surface area contributed by atoms with Gasteiger partial charge in [0.15, 0.2) is 0 Å². The maximum absolute atomic E-state index is 11.2. The second kappa shape index (κ2) is 5.05. The molecule has 0 heterocycles. The van der Waals surface area contributed by atoms with E-state index in [0.717, 1.165) is 6.42 Å². The summed E-state index contributed by atoms with van der Waals surface area (Å²) in [6, 6.07) is 0. The van der Waals surface area contributed by atoms with Crippen molar-refractivity contribution in [2.75, 3.05) is 0 Å². The van der Waals surface area contributed by atoms with Crippen LogP contribution in [0.2, 0.25) is 0 Å². The van der Waals surface area contributed by atoms with Crippen LogP contribution in [0.4, 0.5) is 0 Å². The van der Waals surface area contributed by atoms with E-state index in [4.69, 9.17) is 5.73 Å². The lowest BCUT2D eigenvalue weighted by atomic mass is 9.83. The summed E-state index contributed by atoms with van der Waals surface area (Å²) in [6.45, 7) is 11.5. The normalized spacial score (nSPS) is 15.5. The molecule has 0 radical (unpaired) electrons. The minimum Gasteiger partial charge on any atom is -0.402 e. The van der Waals surface area contributed by atoms with Crippen LogP contribution < -0.4 is 5.73 Å². The van der Waals surface area contributed by atoms with Gasteiger partial charge < -0.3 is 5.73 Å². The second-order valence-corrected chi connectivity index (χ2v) is 4.21. The number of ketones is 1. The average molecular weight is 183 g/mol. The molecule has 0 aliphatic heterocycles. The molecule has 2 atom stereocenters. The highest BCUT2D eigenvalue weighted by Crippen LogP contribution is 2.24. The van der Waals surface area contributed by atoms with Crippen molar-refractivity contribution < 1.29 is 4.79 Å². The van der Waals surface area contributed by atoms with Crippen LogP contribution in [0.25, 0.3) is 0 Å². The molecule has 0 saturated heterocycles. The van der Waals surface area contributed by atoms with Crippen LogP contribution in [0.1, 0.15) is 34.1 Å². The molecule has 0 aliphatic rings. The van der Waals surface area contributed by atoms with E-state index in [1.165, 1.54) is 0 Å². The Morgan fingerprint density at radius 2 is 1.85 bits per heavy atom. The molecule has 0 unspecified atom stereocenters. The fourth-order valence-corrected chi connectivity index (χ4v) is 1.47. The Hall–Kier alpha value is -0.790. The molecular weight excluding hydrogens is 162 g/mol. The lowest BCUT2D eigenvalue weighted by Gasteiger charge is -2.23. The van der Waals surface area contributed by atoms with Crippen LogP contribution in [0.3, 0.4) is 0 Å². The molecule has 0 fully saturated rings. The molecule has 0 saturated carbocycles. The van der Waals surface area contributed by atoms with Gasteiger partial charge in [0.25, 0.3) is 0 Å². The fraction of sp³-hybridized carbons (Fsp3) is 0.727. The monoisotopic (exact) mass is 183 g/mol. The van der Waals surface area contributed by atoms with E-state index < -0.39 is 0 Å². The van der Waals surface area contributed by atoms with Crippen molar-refractivity contribution in [3.63, 3.8) is 0 Å². The Morgan fingerprint density at radius 1 is 1.38 bits per heavy atom. The van der Waals surface area contributed by atoms with Crippen LogP contribution in [0, 0.1) is 17.8 Å². The number of allylic oxidation sites excluding steroid dienone is 1. The Kier molecular flexibility index (Phi) is 4.74. The van der Waals surface area contributed by atoms with Gasteiger partial charge in [0.1, 0.15) is 5.78 Å². The van der Waals surface area contributed by atoms with E-state index in [9.17, 15) is 4.79 Å². The molecule has 0 aromatic rings. The third kappa shape index (κ3) is 4.11. The van der Waals surface area contributed by atoms with Crippen molar-refractivity contribution in [3.05, 3.63) is 12.3 Å². The van der Waals surface area contributed by atoms with E-state index in [-0.39, 0.29) is 17.6 Å². The van der Waals surface area contributed by atoms with Gasteiger partial charge in [0.2, 0.25) is 0 Å². The maximum atomic E-state index is 11.2. The summed E-state index contributed by atoms with van der Waals surface area (Å²) in [6.07, 6.45) is 0.941. The van der Waals surface area contributed by atoms with Gasteiger partial charge in [-0.3, -0.25) is 4.79 Å². The first-order valence-corrected chi connectivity index (χ1v) is 4.81. The van der Waals surface area contributed by atoms with Crippen molar-refractivity contribution in [2.24, 2.45) is 23.5 Å². The zero-order valence-corrected chi connectivity index (χ0v) is 9.13. The van der Waals surface area contributed by atoms with Gasteiger partial charge in [-0.25, -0.2) is 0 Å². The van der Waals surface area contributed by atoms with Gasteiger partial charge >= 0.3 is 0 Å². The molecule has 0 bridgehead atoms. The lowest BCUT2D eigenvalue weighted by molar-refractivity contribution is -0.121. The Labute approximate surface area is 81.2 Å². The molecule has 0 spiro atoms. The Morgan fingerprint density at radius 3 is 2.08 bits per heavy atom. The van der Waals surface area contributed by atoms with Crippen LogP contribution >= 0.6 is 0 Å². The molecular formula is C11H21NO. The Balaban J connectivity index is 4.42. The van der Waals surface area contributed by atoms with E-state index in [2.05, 4.69) is 20.4 Å². The van der Waals surface area contributed by atoms with E-state index >= 15 is 0 Å². The summed E-state index contributed by atoms with van der Waals surface area (Å²) in [4.78, 5) is 11.2. The number of rotatable bonds is 5. The molecule has 76 valence electrons. The third-order valence-corrected chi connectivity index (χ3v) is 2.45. The van der Waals surface area contributed by atoms with Crippen LogP contribution in [0.5, 0.6) is 0 Å². The van der Waals surface area contributed by atoms with Crippen LogP contribution in [-0.4, -0.2) is 5.78 Å². The average Bonchev–Trinajstić information content (AvgIpc) is 1.97. The van der Waals surface area contributed by atoms with E-state index in [0.29, 0.717) is 11.6 Å². The summed E-state index contributed by atoms with van der Waals surface area (Å²) < 4.78 is 0. The van der Waals surface area contributed by atoms with Gasteiger partial charge in [-0.05, 0) is 19.3 Å². The first kappa shape index (κ1) is 12.2. The molecule has 2 heteroatoms. The van der Waals surface area contributed by atoms with Gasteiger partial charge in [-0.2, -0.15) is 0 Å². The number of hydrogen-bond acceptors (Lipinski definition) is 2. The highest BCUT2D eigenvalue weighted by molar-refractivity contribution is 5.78. The summed E-state index contributed by atoms with van der Waals surface area (Å²) in [5, 5.41) is 0. The van der Waals surface area contributed by atoms with Crippen molar-refractivity contribution in [2.45, 2.75) is 34.1 Å². The third-order valence-electron chi connectivity index (χ3n) is 2.45. The summed E-state index contributed by atoms with van der Waals surface area (Å²) in [5.41, 5.74) is 6.31. The summed E-state index contributed by atoms with van der Waals surface area (Å²) in [5.74, 6) is 0.877. The second-order valence-electron chi connectivity index (χ2n) is 4.21. The number of Topliss-reactive ketones (excluding diaryl/α,β-unsaturated/α-hetero) is 1. The van der Waals surface area contributed by atoms with Gasteiger partial charge in [-0.15, -0.1) is 0 Å². The highest BCUT2D eigenvalue weighted by Gasteiger charge is 2.23. The van der Waals surface area contributed by atoms with Crippen LogP contribution in [-0.2, 0) is 4.79 Å². The van der Waals surface area contributed by atoms with Gasteiger partial charge in [-0.1, -0.05) is 27.4 Å². The lowest BCUT2D eigenvalue weighted by Crippen LogP contribution is -2.25. The van der Waals surface area contributed by atoms with Crippen molar-refractivity contribution >= 4 is 5.78 Å². The number of carbonyl (C=O) groups excluding carboxylic acids is 1. The van der Waals surface area contributed by atoms with E-state index in [1.54, 1.807) is 6.92 Å². The van der Waals surface area contributed by atoms with Crippen molar-refractivity contribution in [1.29, 1.82) is 0 Å². The topological polar surface area (TPSA) is 43.1 Å². The zero-order valence-electron chi connectivity index (χ0n) is 9.13. The molecule has 2 N–H and O–H groups in total. The Bertz CT molecular complexity index is 196. The minimum absolute atomic E-state index is 0.0000926. The van der Waals surface area contributed by atoms with E-state index in [1.807, 2.05) is 6.92 Å². The standard InChI is InChI=1S/C11H21NO/c1-7(2)6-11(9(4)12)8(3)10(5)13/h7-8,11H,4,6,12H2,1-3,5H3/t8-,11-/m1/s1. The highest BCUT2D eigenvalue weighted by atomic mass is 16.1. The maximum Gasteiger partial charge on any atom is 0.133 e. The number of nitrogens with two attached hydrogens (primary N) is 1. The number of hydrogen-bond donors (Lipinski definition) is 1. The van der Waals surface area contributed by atoms with Crippen molar-refractivity contribution in [1.82, 2.24) is 0 Å². The zero-order chi connectivity index (χ0) is 10.6. The van der Waals surface area contributed by atoms with Crippen molar-refractivity contribution in [3.8, 4) is 0 Å². The molecule has 0 aromatic heterocycles. The van der Waals surface area contributed by atoms with Crippen LogP contribution in [0.15, 0.2) is 12.3 Å². The molecule has 0 amide bonds. The smallest absolute Gasteiger partial charge is 0.133 e. The van der Waals surface area contributed by atoms with Gasteiger partial charge in [0, 0.05) is 17.5 Å². The first-order chi connectivity index (χ1) is 5.86. The quantitative estimate of drug-likeness (QED) is 0.711. The SMILES string of the molecule is C=C(N)[C@H](CC(C)C)[C@H](C)C(C)=O. The fourth-order valence-electron chi connectivity index (χ4n) is 1.47. The number of carbonyl (C=O) groups is 1.